The quantitative estimate of drug-likeness (QED) is 0.814. The molecule has 3 rings (SSSR count). The topological polar surface area (TPSA) is 44.8 Å². The van der Waals surface area contributed by atoms with E-state index in [2.05, 4.69) is 15.0 Å². The van der Waals surface area contributed by atoms with Gasteiger partial charge in [0.15, 0.2) is 0 Å². The van der Waals surface area contributed by atoms with E-state index in [1.165, 1.54) is 18.2 Å². The molecule has 1 saturated heterocycles. The molecular formula is C19H19ClF3N3O2. The molecule has 1 N–H and O–H groups in total. The molecule has 0 aliphatic carbocycles. The van der Waals surface area contributed by atoms with E-state index in [0.29, 0.717) is 31.2 Å². The van der Waals surface area contributed by atoms with Crippen LogP contribution < -0.4 is 15.0 Å². The SMILES string of the molecule is O=C(NCc1ccccc1OC(F)(F)F)N1CCN(c2cccc(Cl)c2)CC1. The number of anilines is 1. The maximum Gasteiger partial charge on any atom is 0.573 e. The predicted molar refractivity (Wildman–Crippen MR) is 101 cm³/mol. The van der Waals surface area contributed by atoms with E-state index >= 15 is 0 Å². The number of amides is 2. The Balaban J connectivity index is 1.53. The molecule has 2 amide bonds. The zero-order valence-electron chi connectivity index (χ0n) is 14.9. The second-order valence-corrected chi connectivity index (χ2v) is 6.70. The summed E-state index contributed by atoms with van der Waals surface area (Å²) in [4.78, 5) is 16.1. The Morgan fingerprint density at radius 1 is 1.07 bits per heavy atom. The smallest absolute Gasteiger partial charge is 0.405 e. The highest BCUT2D eigenvalue weighted by Crippen LogP contribution is 2.26. The van der Waals surface area contributed by atoms with E-state index in [0.717, 1.165) is 5.69 Å². The lowest BCUT2D eigenvalue weighted by Crippen LogP contribution is -2.51. The van der Waals surface area contributed by atoms with Crippen molar-refractivity contribution in [3.8, 4) is 5.75 Å². The Morgan fingerprint density at radius 3 is 2.46 bits per heavy atom. The zero-order chi connectivity index (χ0) is 20.1. The number of nitrogens with zero attached hydrogens (tertiary/aromatic N) is 2. The van der Waals surface area contributed by atoms with Crippen molar-refractivity contribution in [2.75, 3.05) is 31.1 Å². The second-order valence-electron chi connectivity index (χ2n) is 6.27. The first-order valence-corrected chi connectivity index (χ1v) is 9.06. The molecule has 0 spiro atoms. The van der Waals surface area contributed by atoms with Gasteiger partial charge in [0, 0.05) is 49.0 Å². The molecule has 1 heterocycles. The highest BCUT2D eigenvalue weighted by atomic mass is 35.5. The van der Waals surface area contributed by atoms with Gasteiger partial charge in [0.1, 0.15) is 5.75 Å². The first kappa shape index (κ1) is 20.1. The number of nitrogens with one attached hydrogen (secondary N) is 1. The molecule has 28 heavy (non-hydrogen) atoms. The van der Waals surface area contributed by atoms with Crippen molar-refractivity contribution in [1.82, 2.24) is 10.2 Å². The number of carbonyl (C=O) groups excluding carboxylic acids is 1. The fraction of sp³-hybridized carbons (Fsp3) is 0.316. The van der Waals surface area contributed by atoms with Crippen LogP contribution in [0.25, 0.3) is 0 Å². The summed E-state index contributed by atoms with van der Waals surface area (Å²) in [6.07, 6.45) is -4.78. The Hall–Kier alpha value is -2.61. The molecule has 0 saturated carbocycles. The van der Waals surface area contributed by atoms with Crippen molar-refractivity contribution in [3.05, 3.63) is 59.1 Å². The van der Waals surface area contributed by atoms with Crippen LogP contribution in [-0.2, 0) is 6.54 Å². The van der Waals surface area contributed by atoms with Gasteiger partial charge in [-0.15, -0.1) is 13.2 Å². The van der Waals surface area contributed by atoms with E-state index in [9.17, 15) is 18.0 Å². The summed E-state index contributed by atoms with van der Waals surface area (Å²) < 4.78 is 41.4. The van der Waals surface area contributed by atoms with Gasteiger partial charge < -0.3 is 19.9 Å². The first-order valence-electron chi connectivity index (χ1n) is 8.69. The molecule has 9 heteroatoms. The van der Waals surface area contributed by atoms with Gasteiger partial charge in [-0.2, -0.15) is 0 Å². The molecule has 0 bridgehead atoms. The molecule has 0 aromatic heterocycles. The van der Waals surface area contributed by atoms with Gasteiger partial charge in [-0.3, -0.25) is 0 Å². The lowest BCUT2D eigenvalue weighted by molar-refractivity contribution is -0.274. The first-order chi connectivity index (χ1) is 13.3. The van der Waals surface area contributed by atoms with Gasteiger partial charge in [-0.1, -0.05) is 35.9 Å². The summed E-state index contributed by atoms with van der Waals surface area (Å²) in [5.41, 5.74) is 1.25. The lowest BCUT2D eigenvalue weighted by Gasteiger charge is -2.36. The van der Waals surface area contributed by atoms with Crippen LogP contribution in [0.1, 0.15) is 5.56 Å². The van der Waals surface area contributed by atoms with Crippen LogP contribution in [0.4, 0.5) is 23.7 Å². The maximum atomic E-state index is 12.5. The Bertz CT molecular complexity index is 824. The third-order valence-electron chi connectivity index (χ3n) is 4.37. The zero-order valence-corrected chi connectivity index (χ0v) is 15.6. The molecule has 150 valence electrons. The number of hydrogen-bond donors (Lipinski definition) is 1. The summed E-state index contributed by atoms with van der Waals surface area (Å²) in [6, 6.07) is 12.9. The minimum Gasteiger partial charge on any atom is -0.405 e. The fourth-order valence-corrected chi connectivity index (χ4v) is 3.18. The number of urea groups is 1. The Morgan fingerprint density at radius 2 is 1.79 bits per heavy atom. The third kappa shape index (κ3) is 5.45. The minimum atomic E-state index is -4.78. The number of benzene rings is 2. The predicted octanol–water partition coefficient (Wildman–Crippen LogP) is 4.27. The van der Waals surface area contributed by atoms with E-state index in [1.54, 1.807) is 17.0 Å². The highest BCUT2D eigenvalue weighted by molar-refractivity contribution is 6.30. The average molecular weight is 414 g/mol. The molecule has 0 atom stereocenters. The molecule has 1 aliphatic rings. The van der Waals surface area contributed by atoms with Crippen molar-refractivity contribution in [3.63, 3.8) is 0 Å². The molecule has 1 fully saturated rings. The van der Waals surface area contributed by atoms with Crippen molar-refractivity contribution in [1.29, 1.82) is 0 Å². The van der Waals surface area contributed by atoms with Crippen molar-refractivity contribution in [2.45, 2.75) is 12.9 Å². The average Bonchev–Trinajstić information content (AvgIpc) is 2.66. The van der Waals surface area contributed by atoms with Gasteiger partial charge in [-0.25, -0.2) is 4.79 Å². The standard InChI is InChI=1S/C19H19ClF3N3O2/c20-15-5-3-6-16(12-15)25-8-10-26(11-9-25)18(27)24-13-14-4-1-2-7-17(14)28-19(21,22)23/h1-7,12H,8-11,13H2,(H,24,27). The summed E-state index contributed by atoms with van der Waals surface area (Å²) >= 11 is 6.01. The normalized spacial score (nSPS) is 14.7. The number of para-hydroxylation sites is 1. The van der Waals surface area contributed by atoms with Crippen LogP contribution >= 0.6 is 11.6 Å². The summed E-state index contributed by atoms with van der Waals surface area (Å²) in [7, 11) is 0. The molecule has 1 aliphatic heterocycles. The van der Waals surface area contributed by atoms with Crippen LogP contribution in [0.5, 0.6) is 5.75 Å². The summed E-state index contributed by atoms with van der Waals surface area (Å²) in [6.45, 7) is 2.22. The van der Waals surface area contributed by atoms with E-state index in [4.69, 9.17) is 11.6 Å². The van der Waals surface area contributed by atoms with Crippen LogP contribution in [0.2, 0.25) is 5.02 Å². The number of carbonyl (C=O) groups is 1. The van der Waals surface area contributed by atoms with Crippen LogP contribution in [0.3, 0.4) is 0 Å². The number of halogens is 4. The monoisotopic (exact) mass is 413 g/mol. The van der Waals surface area contributed by atoms with E-state index < -0.39 is 6.36 Å². The number of hydrogen-bond acceptors (Lipinski definition) is 3. The van der Waals surface area contributed by atoms with Gasteiger partial charge in [0.05, 0.1) is 0 Å². The fourth-order valence-electron chi connectivity index (χ4n) is 3.00. The largest absolute Gasteiger partial charge is 0.573 e. The van der Waals surface area contributed by atoms with Crippen LogP contribution in [-0.4, -0.2) is 43.5 Å². The molecular weight excluding hydrogens is 395 g/mol. The molecule has 0 radical (unpaired) electrons. The highest BCUT2D eigenvalue weighted by Gasteiger charge is 2.32. The minimum absolute atomic E-state index is 0.0560. The van der Waals surface area contributed by atoms with Gasteiger partial charge in [0.2, 0.25) is 0 Å². The van der Waals surface area contributed by atoms with Crippen molar-refractivity contribution >= 4 is 23.3 Å². The maximum absolute atomic E-state index is 12.5. The number of alkyl halides is 3. The molecule has 5 nitrogen and oxygen atoms in total. The Kier molecular flexibility index (Phi) is 6.18. The Labute approximate surface area is 165 Å². The second kappa shape index (κ2) is 8.60. The number of piperazine rings is 1. The third-order valence-corrected chi connectivity index (χ3v) is 4.60. The van der Waals surface area contributed by atoms with Gasteiger partial charge in [0.25, 0.3) is 0 Å². The number of ether oxygens (including phenoxy) is 1. The summed E-state index contributed by atoms with van der Waals surface area (Å²) in [5, 5.41) is 3.31. The summed E-state index contributed by atoms with van der Waals surface area (Å²) in [5.74, 6) is -0.318. The van der Waals surface area contributed by atoms with E-state index in [-0.39, 0.29) is 23.9 Å². The van der Waals surface area contributed by atoms with Crippen LogP contribution in [0.15, 0.2) is 48.5 Å². The van der Waals surface area contributed by atoms with Gasteiger partial charge >= 0.3 is 12.4 Å². The lowest BCUT2D eigenvalue weighted by atomic mass is 10.2. The number of rotatable bonds is 4. The van der Waals surface area contributed by atoms with Crippen molar-refractivity contribution in [2.24, 2.45) is 0 Å². The van der Waals surface area contributed by atoms with Gasteiger partial charge in [-0.05, 0) is 24.3 Å². The van der Waals surface area contributed by atoms with Crippen LogP contribution in [0, 0.1) is 0 Å². The molecule has 2 aromatic carbocycles. The van der Waals surface area contributed by atoms with Crippen molar-refractivity contribution < 1.29 is 22.7 Å². The molecule has 2 aromatic rings. The van der Waals surface area contributed by atoms with E-state index in [1.807, 2.05) is 18.2 Å². The molecule has 0 unspecified atom stereocenters.